The number of aryl methyl sites for hydroxylation is 1. The Morgan fingerprint density at radius 1 is 1.00 bits per heavy atom. The number of halogens is 3. The van der Waals surface area contributed by atoms with E-state index in [9.17, 15) is 18.0 Å². The SMILES string of the molecule is CCCCCCCCCc1c([C@H](N2CC(C)(C)C(=O)N2)C(F)(F)F)ccc2ccccc12. The van der Waals surface area contributed by atoms with E-state index < -0.39 is 17.6 Å². The lowest BCUT2D eigenvalue weighted by atomic mass is 9.89. The second kappa shape index (κ2) is 10.2. The zero-order valence-corrected chi connectivity index (χ0v) is 19.4. The number of unbranched alkanes of at least 4 members (excludes halogenated alkanes) is 6. The fourth-order valence-electron chi connectivity index (χ4n) is 4.64. The molecule has 2 aromatic carbocycles. The number of hydrogen-bond donors (Lipinski definition) is 1. The van der Waals surface area contributed by atoms with Crippen molar-refractivity contribution < 1.29 is 18.0 Å². The summed E-state index contributed by atoms with van der Waals surface area (Å²) in [5.41, 5.74) is 2.63. The molecule has 1 aliphatic heterocycles. The van der Waals surface area contributed by atoms with Crippen LogP contribution in [0.3, 0.4) is 0 Å². The van der Waals surface area contributed by atoms with Crippen molar-refractivity contribution in [1.29, 1.82) is 0 Å². The second-order valence-corrected chi connectivity index (χ2v) is 9.62. The molecule has 32 heavy (non-hydrogen) atoms. The number of carbonyl (C=O) groups excluding carboxylic acids is 1. The first-order valence-corrected chi connectivity index (χ1v) is 11.8. The molecule has 0 radical (unpaired) electrons. The lowest BCUT2D eigenvalue weighted by molar-refractivity contribution is -0.191. The van der Waals surface area contributed by atoms with Crippen LogP contribution in [-0.4, -0.2) is 23.6 Å². The van der Waals surface area contributed by atoms with Crippen LogP contribution < -0.4 is 5.43 Å². The highest BCUT2D eigenvalue weighted by Crippen LogP contribution is 2.43. The minimum absolute atomic E-state index is 0.0136. The van der Waals surface area contributed by atoms with Crippen LogP contribution in [0.2, 0.25) is 0 Å². The van der Waals surface area contributed by atoms with Gasteiger partial charge < -0.3 is 0 Å². The summed E-state index contributed by atoms with van der Waals surface area (Å²) in [5, 5.41) is 2.90. The molecular weight excluding hydrogens is 413 g/mol. The Morgan fingerprint density at radius 3 is 2.28 bits per heavy atom. The van der Waals surface area contributed by atoms with Crippen LogP contribution in [-0.2, 0) is 11.2 Å². The molecule has 1 amide bonds. The summed E-state index contributed by atoms with van der Waals surface area (Å²) < 4.78 is 43.2. The summed E-state index contributed by atoms with van der Waals surface area (Å²) in [6.07, 6.45) is 3.89. The van der Waals surface area contributed by atoms with E-state index in [1.807, 2.05) is 24.3 Å². The molecule has 1 saturated heterocycles. The van der Waals surface area contributed by atoms with Gasteiger partial charge in [-0.05, 0) is 48.6 Å². The van der Waals surface area contributed by atoms with Crippen molar-refractivity contribution in [1.82, 2.24) is 10.4 Å². The third kappa shape index (κ3) is 5.64. The molecule has 176 valence electrons. The highest BCUT2D eigenvalue weighted by atomic mass is 19.4. The maximum atomic E-state index is 14.4. The van der Waals surface area contributed by atoms with Gasteiger partial charge in [0.2, 0.25) is 5.91 Å². The lowest BCUT2D eigenvalue weighted by Crippen LogP contribution is -2.44. The fourth-order valence-corrected chi connectivity index (χ4v) is 4.64. The number of alkyl halides is 3. The standard InChI is InChI=1S/C26H35F3N2O/c1-4-5-6-7-8-9-10-15-21-20-14-12-11-13-19(20)16-17-22(21)23(26(27,28)29)31-18-25(2,3)24(32)30-31/h11-14,16-17,23H,4-10,15,18H2,1-3H3,(H,30,32)/t23-/m0/s1. The number of benzene rings is 2. The van der Waals surface area contributed by atoms with Gasteiger partial charge in [-0.2, -0.15) is 13.2 Å². The van der Waals surface area contributed by atoms with Gasteiger partial charge >= 0.3 is 6.18 Å². The molecule has 1 heterocycles. The van der Waals surface area contributed by atoms with E-state index in [4.69, 9.17) is 0 Å². The molecule has 1 atom stereocenters. The number of nitrogens with one attached hydrogen (secondary N) is 1. The molecule has 0 aromatic heterocycles. The van der Waals surface area contributed by atoms with E-state index in [0.717, 1.165) is 40.6 Å². The quantitative estimate of drug-likeness (QED) is 0.393. The number of hydrogen-bond acceptors (Lipinski definition) is 2. The summed E-state index contributed by atoms with van der Waals surface area (Å²) in [6.45, 7) is 5.55. The molecule has 0 aliphatic carbocycles. The average Bonchev–Trinajstić information content (AvgIpc) is 2.99. The second-order valence-electron chi connectivity index (χ2n) is 9.62. The average molecular weight is 449 g/mol. The Kier molecular flexibility index (Phi) is 7.86. The third-order valence-electron chi connectivity index (χ3n) is 6.45. The molecule has 1 aliphatic rings. The van der Waals surface area contributed by atoms with E-state index in [-0.39, 0.29) is 18.0 Å². The maximum Gasteiger partial charge on any atom is 0.409 e. The number of carbonyl (C=O) groups is 1. The summed E-state index contributed by atoms with van der Waals surface area (Å²) in [4.78, 5) is 12.3. The molecular formula is C26H35F3N2O. The minimum atomic E-state index is -4.51. The van der Waals surface area contributed by atoms with Crippen molar-refractivity contribution in [3.05, 3.63) is 47.5 Å². The van der Waals surface area contributed by atoms with Crippen LogP contribution >= 0.6 is 0 Å². The van der Waals surface area contributed by atoms with E-state index in [0.29, 0.717) is 6.42 Å². The largest absolute Gasteiger partial charge is 0.409 e. The first-order chi connectivity index (χ1) is 15.1. The maximum absolute atomic E-state index is 14.4. The Morgan fingerprint density at radius 2 is 1.66 bits per heavy atom. The Bertz CT molecular complexity index is 923. The molecule has 0 saturated carbocycles. The highest BCUT2D eigenvalue weighted by molar-refractivity contribution is 5.87. The Balaban J connectivity index is 1.91. The summed E-state index contributed by atoms with van der Waals surface area (Å²) >= 11 is 0. The predicted molar refractivity (Wildman–Crippen MR) is 123 cm³/mol. The Hall–Kier alpha value is -2.08. The van der Waals surface area contributed by atoms with Crippen LogP contribution in [0, 0.1) is 5.41 Å². The van der Waals surface area contributed by atoms with Gasteiger partial charge in [0, 0.05) is 6.54 Å². The Labute approximate surface area is 189 Å². The van der Waals surface area contributed by atoms with E-state index >= 15 is 0 Å². The van der Waals surface area contributed by atoms with E-state index in [1.54, 1.807) is 26.0 Å². The third-order valence-corrected chi connectivity index (χ3v) is 6.45. The predicted octanol–water partition coefficient (Wildman–Crippen LogP) is 7.11. The van der Waals surface area contributed by atoms with Gasteiger partial charge in [0.1, 0.15) is 6.04 Å². The molecule has 0 unspecified atom stereocenters. The summed E-state index contributed by atoms with van der Waals surface area (Å²) in [5.74, 6) is -0.374. The van der Waals surface area contributed by atoms with E-state index in [1.165, 1.54) is 25.7 Å². The van der Waals surface area contributed by atoms with Crippen molar-refractivity contribution >= 4 is 16.7 Å². The zero-order chi connectivity index (χ0) is 23.4. The number of rotatable bonds is 10. The number of hydrazine groups is 1. The van der Waals surface area contributed by atoms with Gasteiger partial charge in [0.25, 0.3) is 0 Å². The molecule has 2 aromatic rings. The summed E-state index contributed by atoms with van der Waals surface area (Å²) in [7, 11) is 0. The normalized spacial score (nSPS) is 17.6. The molecule has 1 fully saturated rings. The highest BCUT2D eigenvalue weighted by Gasteiger charge is 2.51. The molecule has 6 heteroatoms. The van der Waals surface area contributed by atoms with Crippen LogP contribution in [0.4, 0.5) is 13.2 Å². The van der Waals surface area contributed by atoms with Crippen molar-refractivity contribution in [2.24, 2.45) is 5.41 Å². The zero-order valence-electron chi connectivity index (χ0n) is 19.4. The topological polar surface area (TPSA) is 32.3 Å². The monoisotopic (exact) mass is 448 g/mol. The van der Waals surface area contributed by atoms with Crippen molar-refractivity contribution in [2.75, 3.05) is 6.54 Å². The van der Waals surface area contributed by atoms with Crippen molar-refractivity contribution in [3.8, 4) is 0 Å². The first-order valence-electron chi connectivity index (χ1n) is 11.8. The van der Waals surface area contributed by atoms with Gasteiger partial charge in [-0.1, -0.05) is 81.8 Å². The number of fused-ring (bicyclic) bond motifs is 1. The van der Waals surface area contributed by atoms with Gasteiger partial charge in [0.15, 0.2) is 0 Å². The lowest BCUT2D eigenvalue weighted by Gasteiger charge is -2.32. The first kappa shape index (κ1) is 24.6. The minimum Gasteiger partial charge on any atom is -0.287 e. The molecule has 3 rings (SSSR count). The van der Waals surface area contributed by atoms with Gasteiger partial charge in [-0.15, -0.1) is 0 Å². The van der Waals surface area contributed by atoms with Crippen molar-refractivity contribution in [3.63, 3.8) is 0 Å². The summed E-state index contributed by atoms with van der Waals surface area (Å²) in [6, 6.07) is 9.15. The molecule has 0 bridgehead atoms. The smallest absolute Gasteiger partial charge is 0.287 e. The molecule has 3 nitrogen and oxygen atoms in total. The van der Waals surface area contributed by atoms with Crippen LogP contribution in [0.25, 0.3) is 10.8 Å². The molecule has 0 spiro atoms. The number of amides is 1. The van der Waals surface area contributed by atoms with E-state index in [2.05, 4.69) is 12.3 Å². The molecule has 1 N–H and O–H groups in total. The van der Waals surface area contributed by atoms with Crippen LogP contribution in [0.5, 0.6) is 0 Å². The fraction of sp³-hybridized carbons (Fsp3) is 0.577. The van der Waals surface area contributed by atoms with Crippen molar-refractivity contribution in [2.45, 2.75) is 84.4 Å². The van der Waals surface area contributed by atoms with Gasteiger partial charge in [0.05, 0.1) is 5.41 Å². The van der Waals surface area contributed by atoms with Gasteiger partial charge in [-0.25, -0.2) is 5.01 Å². The van der Waals surface area contributed by atoms with Crippen LogP contribution in [0.15, 0.2) is 36.4 Å². The number of nitrogens with zero attached hydrogens (tertiary/aromatic N) is 1. The van der Waals surface area contributed by atoms with Gasteiger partial charge in [-0.3, -0.25) is 10.2 Å². The van der Waals surface area contributed by atoms with Crippen LogP contribution in [0.1, 0.15) is 82.9 Å².